The maximum absolute atomic E-state index is 11.6. The van der Waals surface area contributed by atoms with Crippen molar-refractivity contribution in [2.45, 2.75) is 19.8 Å². The summed E-state index contributed by atoms with van der Waals surface area (Å²) in [4.78, 5) is 20.5. The maximum Gasteiger partial charge on any atom is 0.219 e. The average molecular weight is 368 g/mol. The molecule has 1 N–H and O–H groups in total. The Morgan fingerprint density at radius 2 is 1.78 bits per heavy atom. The molecular formula is C21H28N4O2. The third-order valence-electron chi connectivity index (χ3n) is 4.76. The first kappa shape index (κ1) is 19.0. The minimum Gasteiger partial charge on any atom is -0.469 e. The fourth-order valence-electron chi connectivity index (χ4n) is 3.19. The SMILES string of the molecule is CC(=O)N1CCN(C(=NCCc2ccco2)NCCc2ccccc2)CC1. The van der Waals surface area contributed by atoms with Crippen LogP contribution >= 0.6 is 0 Å². The fourth-order valence-corrected chi connectivity index (χ4v) is 3.19. The molecule has 2 aromatic rings. The Hall–Kier alpha value is -2.76. The molecule has 0 bridgehead atoms. The van der Waals surface area contributed by atoms with E-state index in [1.54, 1.807) is 13.2 Å². The van der Waals surface area contributed by atoms with Crippen LogP contribution in [-0.2, 0) is 17.6 Å². The average Bonchev–Trinajstić information content (AvgIpc) is 3.21. The van der Waals surface area contributed by atoms with Gasteiger partial charge in [-0.25, -0.2) is 0 Å². The lowest BCUT2D eigenvalue weighted by Crippen LogP contribution is -2.53. The number of hydrogen-bond donors (Lipinski definition) is 1. The van der Waals surface area contributed by atoms with Gasteiger partial charge >= 0.3 is 0 Å². The molecule has 0 saturated carbocycles. The summed E-state index contributed by atoms with van der Waals surface area (Å²) in [5, 5.41) is 3.50. The summed E-state index contributed by atoms with van der Waals surface area (Å²) in [6.07, 6.45) is 3.43. The molecule has 1 aromatic heterocycles. The largest absolute Gasteiger partial charge is 0.469 e. The molecule has 0 radical (unpaired) electrons. The highest BCUT2D eigenvalue weighted by Crippen LogP contribution is 2.05. The maximum atomic E-state index is 11.6. The van der Waals surface area contributed by atoms with Gasteiger partial charge in [-0.05, 0) is 24.1 Å². The van der Waals surface area contributed by atoms with Gasteiger partial charge in [-0.2, -0.15) is 0 Å². The lowest BCUT2D eigenvalue weighted by atomic mass is 10.1. The zero-order valence-corrected chi connectivity index (χ0v) is 15.9. The number of furan rings is 1. The number of aliphatic imine (C=N–C) groups is 1. The molecular weight excluding hydrogens is 340 g/mol. The quantitative estimate of drug-likeness (QED) is 0.627. The third-order valence-corrected chi connectivity index (χ3v) is 4.76. The highest BCUT2D eigenvalue weighted by molar-refractivity contribution is 5.80. The monoisotopic (exact) mass is 368 g/mol. The number of guanidine groups is 1. The van der Waals surface area contributed by atoms with Crippen LogP contribution in [0.3, 0.4) is 0 Å². The van der Waals surface area contributed by atoms with Crippen LogP contribution in [0.5, 0.6) is 0 Å². The molecule has 144 valence electrons. The number of rotatable bonds is 6. The molecule has 1 fully saturated rings. The van der Waals surface area contributed by atoms with E-state index in [2.05, 4.69) is 34.5 Å². The Morgan fingerprint density at radius 1 is 1.04 bits per heavy atom. The van der Waals surface area contributed by atoms with E-state index in [4.69, 9.17) is 9.41 Å². The first-order chi connectivity index (χ1) is 13.2. The fraction of sp³-hybridized carbons (Fsp3) is 0.429. The second-order valence-corrected chi connectivity index (χ2v) is 6.69. The molecule has 1 aliphatic rings. The molecule has 1 saturated heterocycles. The molecule has 0 aliphatic carbocycles. The number of hydrogen-bond acceptors (Lipinski definition) is 3. The number of nitrogens with one attached hydrogen (secondary N) is 1. The number of carbonyl (C=O) groups is 1. The van der Waals surface area contributed by atoms with Crippen LogP contribution in [-0.4, -0.2) is 60.9 Å². The Bertz CT molecular complexity index is 720. The molecule has 0 atom stereocenters. The minimum absolute atomic E-state index is 0.142. The van der Waals surface area contributed by atoms with Gasteiger partial charge in [0, 0.05) is 52.6 Å². The number of piperazine rings is 1. The van der Waals surface area contributed by atoms with E-state index in [-0.39, 0.29) is 5.91 Å². The first-order valence-electron chi connectivity index (χ1n) is 9.57. The normalized spacial score (nSPS) is 15.1. The van der Waals surface area contributed by atoms with Crippen molar-refractivity contribution in [2.24, 2.45) is 4.99 Å². The Kier molecular flexibility index (Phi) is 6.90. The number of nitrogens with zero attached hydrogens (tertiary/aromatic N) is 3. The van der Waals surface area contributed by atoms with Crippen molar-refractivity contribution in [3.05, 3.63) is 60.1 Å². The highest BCUT2D eigenvalue weighted by Gasteiger charge is 2.21. The van der Waals surface area contributed by atoms with Crippen molar-refractivity contribution in [3.63, 3.8) is 0 Å². The van der Waals surface area contributed by atoms with Gasteiger partial charge in [0.25, 0.3) is 0 Å². The van der Waals surface area contributed by atoms with Crippen LogP contribution < -0.4 is 5.32 Å². The smallest absolute Gasteiger partial charge is 0.219 e. The summed E-state index contributed by atoms with van der Waals surface area (Å²) in [6.45, 7) is 6.23. The molecule has 2 heterocycles. The van der Waals surface area contributed by atoms with Crippen LogP contribution in [0, 0.1) is 0 Å². The van der Waals surface area contributed by atoms with E-state index in [9.17, 15) is 4.79 Å². The van der Waals surface area contributed by atoms with Crippen LogP contribution in [0.25, 0.3) is 0 Å². The number of benzene rings is 1. The highest BCUT2D eigenvalue weighted by atomic mass is 16.3. The van der Waals surface area contributed by atoms with Crippen molar-refractivity contribution < 1.29 is 9.21 Å². The first-order valence-corrected chi connectivity index (χ1v) is 9.57. The van der Waals surface area contributed by atoms with Gasteiger partial charge in [-0.15, -0.1) is 0 Å². The van der Waals surface area contributed by atoms with Crippen LogP contribution in [0.4, 0.5) is 0 Å². The molecule has 0 spiro atoms. The topological polar surface area (TPSA) is 61.1 Å². The summed E-state index contributed by atoms with van der Waals surface area (Å²) in [6, 6.07) is 14.3. The van der Waals surface area contributed by atoms with Gasteiger partial charge in [-0.3, -0.25) is 9.79 Å². The lowest BCUT2D eigenvalue weighted by Gasteiger charge is -2.36. The van der Waals surface area contributed by atoms with Gasteiger partial charge < -0.3 is 19.5 Å². The molecule has 1 amide bonds. The predicted octanol–water partition coefficient (Wildman–Crippen LogP) is 2.17. The standard InChI is InChI=1S/C21H28N4O2/c1-18(26)24-13-15-25(16-14-24)21(23-12-10-20-8-5-17-27-20)22-11-9-19-6-3-2-4-7-19/h2-8,17H,9-16H2,1H3,(H,22,23). The van der Waals surface area contributed by atoms with E-state index in [1.165, 1.54) is 5.56 Å². The summed E-state index contributed by atoms with van der Waals surface area (Å²) in [5.74, 6) is 2.01. The van der Waals surface area contributed by atoms with Crippen molar-refractivity contribution >= 4 is 11.9 Å². The van der Waals surface area contributed by atoms with E-state index in [1.807, 2.05) is 23.1 Å². The van der Waals surface area contributed by atoms with E-state index in [0.29, 0.717) is 6.54 Å². The van der Waals surface area contributed by atoms with Gasteiger partial charge in [0.05, 0.1) is 6.26 Å². The van der Waals surface area contributed by atoms with E-state index in [0.717, 1.165) is 57.3 Å². The van der Waals surface area contributed by atoms with Crippen LogP contribution in [0.2, 0.25) is 0 Å². The van der Waals surface area contributed by atoms with E-state index >= 15 is 0 Å². The van der Waals surface area contributed by atoms with Crippen LogP contribution in [0.15, 0.2) is 58.1 Å². The van der Waals surface area contributed by atoms with E-state index < -0.39 is 0 Å². The molecule has 6 heteroatoms. The molecule has 6 nitrogen and oxygen atoms in total. The van der Waals surface area contributed by atoms with Crippen molar-refractivity contribution in [2.75, 3.05) is 39.3 Å². The van der Waals surface area contributed by atoms with Gasteiger partial charge in [0.15, 0.2) is 5.96 Å². The van der Waals surface area contributed by atoms with Crippen LogP contribution in [0.1, 0.15) is 18.2 Å². The predicted molar refractivity (Wildman–Crippen MR) is 107 cm³/mol. The number of carbonyl (C=O) groups excluding carboxylic acids is 1. The third kappa shape index (κ3) is 5.88. The second kappa shape index (κ2) is 9.80. The summed E-state index contributed by atoms with van der Waals surface area (Å²) in [5.41, 5.74) is 1.31. The molecule has 0 unspecified atom stereocenters. The second-order valence-electron chi connectivity index (χ2n) is 6.69. The summed E-state index contributed by atoms with van der Waals surface area (Å²) in [7, 11) is 0. The Balaban J connectivity index is 1.56. The van der Waals surface area contributed by atoms with Crippen molar-refractivity contribution in [1.29, 1.82) is 0 Å². The minimum atomic E-state index is 0.142. The Morgan fingerprint density at radius 3 is 2.44 bits per heavy atom. The zero-order valence-electron chi connectivity index (χ0n) is 15.9. The zero-order chi connectivity index (χ0) is 18.9. The summed E-state index contributed by atoms with van der Waals surface area (Å²) >= 11 is 0. The van der Waals surface area contributed by atoms with Gasteiger partial charge in [0.2, 0.25) is 5.91 Å². The number of amides is 1. The Labute approximate surface area is 160 Å². The molecule has 1 aromatic carbocycles. The molecule has 3 rings (SSSR count). The van der Waals surface area contributed by atoms with Crippen molar-refractivity contribution in [1.82, 2.24) is 15.1 Å². The summed E-state index contributed by atoms with van der Waals surface area (Å²) < 4.78 is 5.39. The molecule has 27 heavy (non-hydrogen) atoms. The van der Waals surface area contributed by atoms with Gasteiger partial charge in [0.1, 0.15) is 5.76 Å². The van der Waals surface area contributed by atoms with Gasteiger partial charge in [-0.1, -0.05) is 30.3 Å². The van der Waals surface area contributed by atoms with Crippen molar-refractivity contribution in [3.8, 4) is 0 Å². The lowest BCUT2D eigenvalue weighted by molar-refractivity contribution is -0.130. The molecule has 1 aliphatic heterocycles.